The minimum atomic E-state index is -1.17. The second-order valence-electron chi connectivity index (χ2n) is 11.6. The minimum Gasteiger partial charge on any atom is -0.345 e. The Labute approximate surface area is 241 Å². The summed E-state index contributed by atoms with van der Waals surface area (Å²) in [5.41, 5.74) is 5.96. The quantitative estimate of drug-likeness (QED) is 0.350. The van der Waals surface area contributed by atoms with Crippen LogP contribution in [0.5, 0.6) is 0 Å². The second-order valence-corrected chi connectivity index (χ2v) is 11.6. The van der Waals surface area contributed by atoms with Crippen molar-refractivity contribution < 1.29 is 18.8 Å². The highest BCUT2D eigenvalue weighted by Crippen LogP contribution is 2.31. The number of benzene rings is 2. The van der Waals surface area contributed by atoms with Crippen LogP contribution < -0.4 is 11.1 Å². The number of hydrogen-bond donors (Lipinski definition) is 2. The molecule has 9 heteroatoms. The molecule has 2 heterocycles. The van der Waals surface area contributed by atoms with Crippen LogP contribution in [0.15, 0.2) is 67.1 Å². The van der Waals surface area contributed by atoms with Crippen molar-refractivity contribution >= 4 is 17.6 Å². The Bertz CT molecular complexity index is 1340. The van der Waals surface area contributed by atoms with Gasteiger partial charge in [0.25, 0.3) is 5.91 Å². The van der Waals surface area contributed by atoms with Gasteiger partial charge in [0.05, 0.1) is 30.0 Å². The van der Waals surface area contributed by atoms with Crippen LogP contribution in [0.4, 0.5) is 4.39 Å². The van der Waals surface area contributed by atoms with Crippen LogP contribution >= 0.6 is 0 Å². The van der Waals surface area contributed by atoms with E-state index in [9.17, 15) is 18.8 Å². The smallest absolute Gasteiger partial charge is 0.253 e. The maximum Gasteiger partial charge on any atom is 0.253 e. The maximum atomic E-state index is 13.8. The summed E-state index contributed by atoms with van der Waals surface area (Å²) in [6, 6.07) is 15.2. The number of carbonyl (C=O) groups is 3. The Balaban J connectivity index is 1.54. The summed E-state index contributed by atoms with van der Waals surface area (Å²) >= 11 is 0. The van der Waals surface area contributed by atoms with Gasteiger partial charge >= 0.3 is 0 Å². The van der Waals surface area contributed by atoms with Gasteiger partial charge in [-0.2, -0.15) is 0 Å². The van der Waals surface area contributed by atoms with E-state index in [4.69, 9.17) is 5.73 Å². The number of Topliss-reactive ketones (excluding diaryl/α,β-unsaturated/α-hetero) is 1. The van der Waals surface area contributed by atoms with Crippen LogP contribution in [0.25, 0.3) is 0 Å². The molecular formula is C32H40FN5O3. The standard InChI is InChI=1S/C32H40FN5O3/c1-31(2,34)29(40)36-27(13-9-12-23-10-5-4-6-11-23)28(39)20-26-21-38(22-35-26)32(3,24-14-16-25(33)17-15-24)30(41)37-18-7-8-19-37/h4-6,10-11,14-17,21-22,27H,7-9,12-13,18-20,34H2,1-3H3,(H,36,40)/t27-,32+/m0/s1. The number of hydrogen-bond acceptors (Lipinski definition) is 5. The highest BCUT2D eigenvalue weighted by Gasteiger charge is 2.41. The fraction of sp³-hybridized carbons (Fsp3) is 0.438. The van der Waals surface area contributed by atoms with Crippen LogP contribution in [0, 0.1) is 5.82 Å². The fourth-order valence-corrected chi connectivity index (χ4v) is 5.20. The highest BCUT2D eigenvalue weighted by molar-refractivity contribution is 5.93. The number of aryl methyl sites for hydroxylation is 1. The van der Waals surface area contributed by atoms with E-state index in [2.05, 4.69) is 10.3 Å². The first-order valence-electron chi connectivity index (χ1n) is 14.2. The van der Waals surface area contributed by atoms with Gasteiger partial charge in [0.1, 0.15) is 11.4 Å². The molecule has 3 aromatic rings. The van der Waals surface area contributed by atoms with Crippen molar-refractivity contribution in [3.05, 3.63) is 89.8 Å². The third-order valence-electron chi connectivity index (χ3n) is 7.80. The fourth-order valence-electron chi connectivity index (χ4n) is 5.20. The molecule has 0 spiro atoms. The summed E-state index contributed by atoms with van der Waals surface area (Å²) in [6.45, 7) is 6.32. The van der Waals surface area contributed by atoms with Gasteiger partial charge in [0, 0.05) is 19.3 Å². The number of imidazole rings is 1. The molecule has 0 radical (unpaired) electrons. The molecule has 2 amide bonds. The van der Waals surface area contributed by atoms with Crippen molar-refractivity contribution in [2.75, 3.05) is 13.1 Å². The summed E-state index contributed by atoms with van der Waals surface area (Å²) in [4.78, 5) is 46.3. The molecule has 0 aliphatic carbocycles. The zero-order valence-electron chi connectivity index (χ0n) is 24.1. The van der Waals surface area contributed by atoms with E-state index >= 15 is 0 Å². The van der Waals surface area contributed by atoms with Gasteiger partial charge in [-0.25, -0.2) is 9.37 Å². The summed E-state index contributed by atoms with van der Waals surface area (Å²) < 4.78 is 15.5. The first-order chi connectivity index (χ1) is 19.5. The number of nitrogens with zero attached hydrogens (tertiary/aromatic N) is 3. The summed E-state index contributed by atoms with van der Waals surface area (Å²) in [5, 5.41) is 2.84. The molecule has 2 atom stereocenters. The van der Waals surface area contributed by atoms with Crippen LogP contribution in [-0.4, -0.2) is 56.7 Å². The van der Waals surface area contributed by atoms with Gasteiger partial charge in [-0.1, -0.05) is 42.5 Å². The molecule has 1 saturated heterocycles. The van der Waals surface area contributed by atoms with E-state index in [-0.39, 0.29) is 23.9 Å². The zero-order chi connectivity index (χ0) is 29.6. The minimum absolute atomic E-state index is 0.0221. The van der Waals surface area contributed by atoms with E-state index in [1.165, 1.54) is 12.1 Å². The van der Waals surface area contributed by atoms with Crippen molar-refractivity contribution in [3.63, 3.8) is 0 Å². The number of likely N-dealkylation sites (tertiary alicyclic amines) is 1. The van der Waals surface area contributed by atoms with Crippen LogP contribution in [0.3, 0.4) is 0 Å². The number of halogens is 1. The number of amides is 2. The topological polar surface area (TPSA) is 110 Å². The lowest BCUT2D eigenvalue weighted by molar-refractivity contribution is -0.137. The van der Waals surface area contributed by atoms with Crippen molar-refractivity contribution in [3.8, 4) is 0 Å². The lowest BCUT2D eigenvalue weighted by Crippen LogP contribution is -2.54. The summed E-state index contributed by atoms with van der Waals surface area (Å²) in [7, 11) is 0. The van der Waals surface area contributed by atoms with Gasteiger partial charge in [-0.3, -0.25) is 14.4 Å². The molecule has 218 valence electrons. The molecule has 0 saturated carbocycles. The first kappa shape index (κ1) is 30.1. The molecular weight excluding hydrogens is 521 g/mol. The third kappa shape index (κ3) is 7.27. The largest absolute Gasteiger partial charge is 0.345 e. The van der Waals surface area contributed by atoms with Crippen LogP contribution in [0.1, 0.15) is 63.3 Å². The predicted molar refractivity (Wildman–Crippen MR) is 155 cm³/mol. The van der Waals surface area contributed by atoms with Crippen molar-refractivity contribution in [1.29, 1.82) is 0 Å². The summed E-state index contributed by atoms with van der Waals surface area (Å²) in [5.74, 6) is -1.08. The number of rotatable bonds is 12. The normalized spacial score (nSPS) is 15.8. The molecule has 0 unspecified atom stereocenters. The Morgan fingerprint density at radius 3 is 2.32 bits per heavy atom. The van der Waals surface area contributed by atoms with Gasteiger partial charge in [0.15, 0.2) is 5.78 Å². The van der Waals surface area contributed by atoms with Gasteiger partial charge in [-0.05, 0) is 76.1 Å². The monoisotopic (exact) mass is 561 g/mol. The maximum absolute atomic E-state index is 13.8. The average molecular weight is 562 g/mol. The van der Waals surface area contributed by atoms with E-state index in [0.717, 1.165) is 24.8 Å². The predicted octanol–water partition coefficient (Wildman–Crippen LogP) is 3.76. The van der Waals surface area contributed by atoms with Crippen molar-refractivity contribution in [1.82, 2.24) is 19.8 Å². The first-order valence-corrected chi connectivity index (χ1v) is 14.2. The molecule has 1 aliphatic heterocycles. The number of aromatic nitrogens is 2. The second kappa shape index (κ2) is 12.8. The molecule has 1 aromatic heterocycles. The lowest BCUT2D eigenvalue weighted by atomic mass is 9.90. The molecule has 3 N–H and O–H groups in total. The molecule has 41 heavy (non-hydrogen) atoms. The number of nitrogens with two attached hydrogens (primary N) is 1. The van der Waals surface area contributed by atoms with Gasteiger partial charge in [0.2, 0.25) is 5.91 Å². The molecule has 8 nitrogen and oxygen atoms in total. The number of nitrogens with one attached hydrogen (secondary N) is 1. The Hall–Kier alpha value is -3.85. The van der Waals surface area contributed by atoms with Crippen molar-refractivity contribution in [2.45, 2.75) is 76.4 Å². The van der Waals surface area contributed by atoms with E-state index in [1.807, 2.05) is 35.2 Å². The zero-order valence-corrected chi connectivity index (χ0v) is 24.1. The molecule has 2 aromatic carbocycles. The lowest BCUT2D eigenvalue weighted by Gasteiger charge is -2.34. The Morgan fingerprint density at radius 2 is 1.68 bits per heavy atom. The SMILES string of the molecule is CC(C)(N)C(=O)N[C@@H](CCCc1ccccc1)C(=O)Cc1cn([C@@](C)(C(=O)N2CCCC2)c2ccc(F)cc2)cn1. The third-order valence-corrected chi connectivity index (χ3v) is 7.80. The van der Waals surface area contributed by atoms with Gasteiger partial charge < -0.3 is 20.5 Å². The molecule has 0 bridgehead atoms. The molecule has 4 rings (SSSR count). The van der Waals surface area contributed by atoms with Crippen LogP contribution in [-0.2, 0) is 32.8 Å². The number of carbonyl (C=O) groups excluding carboxylic acids is 3. The Morgan fingerprint density at radius 1 is 1.02 bits per heavy atom. The molecule has 1 aliphatic rings. The van der Waals surface area contributed by atoms with Crippen LogP contribution in [0.2, 0.25) is 0 Å². The van der Waals surface area contributed by atoms with E-state index < -0.39 is 23.0 Å². The average Bonchev–Trinajstić information content (AvgIpc) is 3.65. The highest BCUT2D eigenvalue weighted by atomic mass is 19.1. The number of ketones is 1. The van der Waals surface area contributed by atoms with E-state index in [1.54, 1.807) is 50.0 Å². The summed E-state index contributed by atoms with van der Waals surface area (Å²) in [6.07, 6.45) is 7.03. The molecule has 1 fully saturated rings. The van der Waals surface area contributed by atoms with Crippen molar-refractivity contribution in [2.24, 2.45) is 5.73 Å². The Kier molecular flexibility index (Phi) is 9.38. The van der Waals surface area contributed by atoms with Gasteiger partial charge in [-0.15, -0.1) is 0 Å². The van der Waals surface area contributed by atoms with E-state index in [0.29, 0.717) is 37.2 Å².